The van der Waals surface area contributed by atoms with Crippen LogP contribution in [-0.2, 0) is 4.74 Å². The Hall–Kier alpha value is -0.380. The molecule has 3 atom stereocenters. The van der Waals surface area contributed by atoms with E-state index in [0.717, 1.165) is 0 Å². The molecule has 0 aromatic rings. The van der Waals surface area contributed by atoms with Crippen LogP contribution in [0.4, 0.5) is 0 Å². The summed E-state index contributed by atoms with van der Waals surface area (Å²) >= 11 is 0. The SMILES string of the molecule is C=C1[C@H](C)O[C@H](CO)[C@@H]1O. The van der Waals surface area contributed by atoms with Crippen molar-refractivity contribution in [2.75, 3.05) is 6.61 Å². The molecule has 0 radical (unpaired) electrons. The fourth-order valence-electron chi connectivity index (χ4n) is 1.05. The van der Waals surface area contributed by atoms with Gasteiger partial charge in [0.2, 0.25) is 0 Å². The van der Waals surface area contributed by atoms with Gasteiger partial charge in [-0.05, 0) is 12.5 Å². The van der Waals surface area contributed by atoms with Crippen LogP contribution in [0.25, 0.3) is 0 Å². The lowest BCUT2D eigenvalue weighted by atomic mass is 10.1. The van der Waals surface area contributed by atoms with Gasteiger partial charge in [0.15, 0.2) is 0 Å². The first-order valence-electron chi connectivity index (χ1n) is 3.30. The predicted octanol–water partition coefficient (Wildman–Crippen LogP) is -0.317. The van der Waals surface area contributed by atoms with E-state index in [4.69, 9.17) is 9.84 Å². The molecule has 1 aliphatic heterocycles. The molecule has 2 N–H and O–H groups in total. The molecular formula is C7H12O3. The van der Waals surface area contributed by atoms with E-state index in [1.807, 2.05) is 0 Å². The summed E-state index contributed by atoms with van der Waals surface area (Å²) in [7, 11) is 0. The first kappa shape index (κ1) is 7.72. The fraction of sp³-hybridized carbons (Fsp3) is 0.714. The maximum atomic E-state index is 9.24. The second kappa shape index (κ2) is 2.70. The lowest BCUT2D eigenvalue weighted by Crippen LogP contribution is -2.25. The molecular weight excluding hydrogens is 132 g/mol. The monoisotopic (exact) mass is 144 g/mol. The molecule has 0 saturated carbocycles. The second-order valence-electron chi connectivity index (χ2n) is 2.52. The molecule has 0 aromatic carbocycles. The fourth-order valence-corrected chi connectivity index (χ4v) is 1.05. The number of hydrogen-bond donors (Lipinski definition) is 2. The molecule has 10 heavy (non-hydrogen) atoms. The van der Waals surface area contributed by atoms with Crippen molar-refractivity contribution in [3.8, 4) is 0 Å². The van der Waals surface area contributed by atoms with Crippen molar-refractivity contribution in [2.45, 2.75) is 25.2 Å². The van der Waals surface area contributed by atoms with Crippen LogP contribution in [0.2, 0.25) is 0 Å². The van der Waals surface area contributed by atoms with E-state index in [1.54, 1.807) is 6.92 Å². The van der Waals surface area contributed by atoms with Crippen molar-refractivity contribution >= 4 is 0 Å². The summed E-state index contributed by atoms with van der Waals surface area (Å²) in [5.74, 6) is 0. The molecule has 0 amide bonds. The minimum absolute atomic E-state index is 0.132. The molecule has 0 bridgehead atoms. The Morgan fingerprint density at radius 3 is 2.50 bits per heavy atom. The van der Waals surface area contributed by atoms with Gasteiger partial charge in [0.05, 0.1) is 12.7 Å². The third-order valence-corrected chi connectivity index (χ3v) is 1.81. The third-order valence-electron chi connectivity index (χ3n) is 1.81. The second-order valence-corrected chi connectivity index (χ2v) is 2.52. The van der Waals surface area contributed by atoms with Gasteiger partial charge in [0.1, 0.15) is 12.2 Å². The number of rotatable bonds is 1. The van der Waals surface area contributed by atoms with E-state index in [2.05, 4.69) is 6.58 Å². The van der Waals surface area contributed by atoms with Crippen LogP contribution in [0.15, 0.2) is 12.2 Å². The van der Waals surface area contributed by atoms with E-state index in [-0.39, 0.29) is 12.7 Å². The number of aliphatic hydroxyl groups is 2. The van der Waals surface area contributed by atoms with E-state index in [1.165, 1.54) is 0 Å². The third kappa shape index (κ3) is 1.08. The first-order chi connectivity index (χ1) is 4.66. The van der Waals surface area contributed by atoms with Crippen LogP contribution in [0.1, 0.15) is 6.92 Å². The lowest BCUT2D eigenvalue weighted by Gasteiger charge is -2.08. The predicted molar refractivity (Wildman–Crippen MR) is 36.6 cm³/mol. The average Bonchev–Trinajstić information content (AvgIpc) is 2.17. The van der Waals surface area contributed by atoms with Gasteiger partial charge in [-0.2, -0.15) is 0 Å². The highest BCUT2D eigenvalue weighted by Crippen LogP contribution is 2.23. The van der Waals surface area contributed by atoms with Gasteiger partial charge in [-0.15, -0.1) is 0 Å². The van der Waals surface area contributed by atoms with Gasteiger partial charge in [-0.25, -0.2) is 0 Å². The van der Waals surface area contributed by atoms with Crippen molar-refractivity contribution in [3.05, 3.63) is 12.2 Å². The minimum atomic E-state index is -0.694. The Kier molecular flexibility index (Phi) is 2.08. The van der Waals surface area contributed by atoms with E-state index in [0.29, 0.717) is 5.57 Å². The summed E-state index contributed by atoms with van der Waals surface area (Å²) in [6.45, 7) is 5.29. The zero-order chi connectivity index (χ0) is 7.72. The zero-order valence-electron chi connectivity index (χ0n) is 5.95. The quantitative estimate of drug-likeness (QED) is 0.496. The smallest absolute Gasteiger partial charge is 0.111 e. The van der Waals surface area contributed by atoms with Crippen molar-refractivity contribution in [1.29, 1.82) is 0 Å². The lowest BCUT2D eigenvalue weighted by molar-refractivity contribution is -0.0170. The van der Waals surface area contributed by atoms with Crippen LogP contribution < -0.4 is 0 Å². The van der Waals surface area contributed by atoms with Crippen LogP contribution in [0, 0.1) is 0 Å². The van der Waals surface area contributed by atoms with E-state index < -0.39 is 12.2 Å². The molecule has 3 heteroatoms. The van der Waals surface area contributed by atoms with E-state index in [9.17, 15) is 5.11 Å². The van der Waals surface area contributed by atoms with Crippen molar-refractivity contribution in [3.63, 3.8) is 0 Å². The van der Waals surface area contributed by atoms with E-state index >= 15 is 0 Å². The highest BCUT2D eigenvalue weighted by molar-refractivity contribution is 5.14. The van der Waals surface area contributed by atoms with Crippen LogP contribution in [-0.4, -0.2) is 35.1 Å². The Morgan fingerprint density at radius 1 is 1.70 bits per heavy atom. The largest absolute Gasteiger partial charge is 0.394 e. The Morgan fingerprint density at radius 2 is 2.30 bits per heavy atom. The molecule has 0 aromatic heterocycles. The van der Waals surface area contributed by atoms with Gasteiger partial charge in [0, 0.05) is 0 Å². The highest BCUT2D eigenvalue weighted by atomic mass is 16.5. The van der Waals surface area contributed by atoms with Crippen LogP contribution in [0.5, 0.6) is 0 Å². The Bertz CT molecular complexity index is 144. The van der Waals surface area contributed by atoms with Gasteiger partial charge < -0.3 is 14.9 Å². The average molecular weight is 144 g/mol. The molecule has 0 aliphatic carbocycles. The van der Waals surface area contributed by atoms with Crippen molar-refractivity contribution < 1.29 is 14.9 Å². The van der Waals surface area contributed by atoms with Gasteiger partial charge in [0.25, 0.3) is 0 Å². The number of hydrogen-bond acceptors (Lipinski definition) is 3. The summed E-state index contributed by atoms with van der Waals surface area (Å²) in [6, 6.07) is 0. The van der Waals surface area contributed by atoms with Gasteiger partial charge in [-0.1, -0.05) is 6.58 Å². The molecule has 1 saturated heterocycles. The molecule has 0 unspecified atom stereocenters. The summed E-state index contributed by atoms with van der Waals surface area (Å²) in [5.41, 5.74) is 0.652. The molecule has 1 aliphatic rings. The molecule has 1 heterocycles. The topological polar surface area (TPSA) is 49.7 Å². The van der Waals surface area contributed by atoms with Crippen LogP contribution >= 0.6 is 0 Å². The normalized spacial score (nSPS) is 40.7. The van der Waals surface area contributed by atoms with Crippen molar-refractivity contribution in [1.82, 2.24) is 0 Å². The summed E-state index contributed by atoms with van der Waals surface area (Å²) in [5, 5.41) is 17.9. The number of aliphatic hydroxyl groups excluding tert-OH is 2. The van der Waals surface area contributed by atoms with Gasteiger partial charge in [-0.3, -0.25) is 0 Å². The highest BCUT2D eigenvalue weighted by Gasteiger charge is 2.33. The maximum absolute atomic E-state index is 9.24. The molecule has 3 nitrogen and oxygen atoms in total. The first-order valence-corrected chi connectivity index (χ1v) is 3.30. The molecule has 0 spiro atoms. The Balaban J connectivity index is 2.61. The Labute approximate surface area is 59.9 Å². The zero-order valence-corrected chi connectivity index (χ0v) is 5.95. The van der Waals surface area contributed by atoms with Crippen LogP contribution in [0.3, 0.4) is 0 Å². The molecule has 58 valence electrons. The standard InChI is InChI=1S/C7H12O3/c1-4-5(2)10-6(3-8)7(4)9/h5-9H,1,3H2,2H3/t5-,6+,7+/m0/s1. The molecule has 1 fully saturated rings. The summed E-state index contributed by atoms with van der Waals surface area (Å²) < 4.78 is 5.14. The summed E-state index contributed by atoms with van der Waals surface area (Å²) in [6.07, 6.45) is -1.30. The van der Waals surface area contributed by atoms with Crippen molar-refractivity contribution in [2.24, 2.45) is 0 Å². The van der Waals surface area contributed by atoms with Gasteiger partial charge >= 0.3 is 0 Å². The molecule has 1 rings (SSSR count). The minimum Gasteiger partial charge on any atom is -0.394 e. The maximum Gasteiger partial charge on any atom is 0.111 e. The summed E-state index contributed by atoms with van der Waals surface area (Å²) in [4.78, 5) is 0. The number of ether oxygens (including phenoxy) is 1.